The van der Waals surface area contributed by atoms with Gasteiger partial charge in [0.05, 0.1) is 19.1 Å². The Bertz CT molecular complexity index is 307. The fourth-order valence-corrected chi connectivity index (χ4v) is 1.49. The highest BCUT2D eigenvalue weighted by Crippen LogP contribution is 2.10. The molecule has 0 saturated heterocycles. The number of hydrogen-bond donors (Lipinski definition) is 4. The molecule has 0 aromatic carbocycles. The van der Waals surface area contributed by atoms with Gasteiger partial charge in [-0.3, -0.25) is 9.59 Å². The van der Waals surface area contributed by atoms with Crippen LogP contribution in [0.3, 0.4) is 0 Å². The van der Waals surface area contributed by atoms with E-state index in [9.17, 15) is 9.59 Å². The molecule has 0 bridgehead atoms. The molecule has 0 saturated carbocycles. The van der Waals surface area contributed by atoms with Crippen molar-refractivity contribution in [2.75, 3.05) is 13.2 Å². The maximum absolute atomic E-state index is 11.9. The highest BCUT2D eigenvalue weighted by Gasteiger charge is 2.22. The molecule has 0 aromatic rings. The predicted molar refractivity (Wildman–Crippen MR) is 72.3 cm³/mol. The molecular weight excluding hydrogens is 248 g/mol. The standard InChI is InChI=1S/C13H24N2O4/c1-4-5-11(13(19)15-10(3)8-17)6-12(18)14-9(2)7-16/h4,9-11,16-17H,1,5-8H2,2-3H3,(H,14,18)(H,15,19)/t9-,10-,11+/m0/s1. The first-order valence-electron chi connectivity index (χ1n) is 6.36. The lowest BCUT2D eigenvalue weighted by Gasteiger charge is -2.19. The van der Waals surface area contributed by atoms with Gasteiger partial charge in [-0.05, 0) is 20.3 Å². The molecule has 0 spiro atoms. The zero-order valence-corrected chi connectivity index (χ0v) is 11.6. The highest BCUT2D eigenvalue weighted by atomic mass is 16.3. The largest absolute Gasteiger partial charge is 0.394 e. The molecule has 6 heteroatoms. The Hall–Kier alpha value is -1.40. The van der Waals surface area contributed by atoms with Crippen molar-refractivity contribution in [2.24, 2.45) is 5.92 Å². The fourth-order valence-electron chi connectivity index (χ4n) is 1.49. The molecule has 0 unspecified atom stereocenters. The van der Waals surface area contributed by atoms with Crippen LogP contribution >= 0.6 is 0 Å². The van der Waals surface area contributed by atoms with Gasteiger partial charge in [0.2, 0.25) is 11.8 Å². The molecule has 2 amide bonds. The van der Waals surface area contributed by atoms with Crippen molar-refractivity contribution >= 4 is 11.8 Å². The number of carbonyl (C=O) groups excluding carboxylic acids is 2. The highest BCUT2D eigenvalue weighted by molar-refractivity contribution is 5.86. The molecule has 6 nitrogen and oxygen atoms in total. The van der Waals surface area contributed by atoms with Gasteiger partial charge in [0.25, 0.3) is 0 Å². The SMILES string of the molecule is C=CC[C@H](CC(=O)N[C@@H](C)CO)C(=O)N[C@@H](C)CO. The van der Waals surface area contributed by atoms with Crippen LogP contribution in [0.15, 0.2) is 12.7 Å². The van der Waals surface area contributed by atoms with Crippen LogP contribution in [0.1, 0.15) is 26.7 Å². The van der Waals surface area contributed by atoms with Gasteiger partial charge in [-0.15, -0.1) is 6.58 Å². The van der Waals surface area contributed by atoms with E-state index in [1.54, 1.807) is 19.9 Å². The Balaban J connectivity index is 4.42. The van der Waals surface area contributed by atoms with E-state index in [4.69, 9.17) is 10.2 Å². The normalized spacial score (nSPS) is 15.2. The summed E-state index contributed by atoms with van der Waals surface area (Å²) < 4.78 is 0. The number of carbonyl (C=O) groups is 2. The Morgan fingerprint density at radius 1 is 1.16 bits per heavy atom. The maximum Gasteiger partial charge on any atom is 0.224 e. The van der Waals surface area contributed by atoms with Crippen LogP contribution in [0.5, 0.6) is 0 Å². The van der Waals surface area contributed by atoms with Crippen molar-refractivity contribution in [3.05, 3.63) is 12.7 Å². The number of aliphatic hydroxyl groups is 2. The molecule has 3 atom stereocenters. The van der Waals surface area contributed by atoms with Crippen LogP contribution in [0.25, 0.3) is 0 Å². The van der Waals surface area contributed by atoms with Crippen molar-refractivity contribution < 1.29 is 19.8 Å². The number of hydrogen-bond acceptors (Lipinski definition) is 4. The van der Waals surface area contributed by atoms with E-state index in [0.717, 1.165) is 0 Å². The lowest BCUT2D eigenvalue weighted by atomic mass is 9.99. The smallest absolute Gasteiger partial charge is 0.224 e. The molecule has 0 aromatic heterocycles. The molecule has 0 aliphatic carbocycles. The van der Waals surface area contributed by atoms with Crippen molar-refractivity contribution in [3.63, 3.8) is 0 Å². The minimum atomic E-state index is -0.516. The van der Waals surface area contributed by atoms with Crippen molar-refractivity contribution in [1.29, 1.82) is 0 Å². The van der Waals surface area contributed by atoms with Crippen molar-refractivity contribution in [3.8, 4) is 0 Å². The Kier molecular flexibility index (Phi) is 8.82. The summed E-state index contributed by atoms with van der Waals surface area (Å²) in [6.07, 6.45) is 1.99. The molecule has 0 fully saturated rings. The third-order valence-electron chi connectivity index (χ3n) is 2.60. The molecule has 110 valence electrons. The number of amides is 2. The lowest BCUT2D eigenvalue weighted by Crippen LogP contribution is -2.42. The average Bonchev–Trinajstić information content (AvgIpc) is 2.37. The van der Waals surface area contributed by atoms with Gasteiger partial charge in [0.1, 0.15) is 0 Å². The Morgan fingerprint density at radius 3 is 2.16 bits per heavy atom. The van der Waals surface area contributed by atoms with Gasteiger partial charge in [-0.25, -0.2) is 0 Å². The van der Waals surface area contributed by atoms with Gasteiger partial charge in [-0.1, -0.05) is 6.08 Å². The summed E-state index contributed by atoms with van der Waals surface area (Å²) in [6, 6.07) is -0.685. The number of rotatable bonds is 9. The molecule has 0 aliphatic rings. The van der Waals surface area contributed by atoms with E-state index in [2.05, 4.69) is 17.2 Å². The molecule has 0 radical (unpaired) electrons. The second-order valence-corrected chi connectivity index (χ2v) is 4.67. The van der Waals surface area contributed by atoms with Gasteiger partial charge < -0.3 is 20.8 Å². The van der Waals surface area contributed by atoms with E-state index >= 15 is 0 Å². The fraction of sp³-hybridized carbons (Fsp3) is 0.692. The van der Waals surface area contributed by atoms with Crippen LogP contribution in [0.4, 0.5) is 0 Å². The van der Waals surface area contributed by atoms with Crippen LogP contribution in [0.2, 0.25) is 0 Å². The minimum absolute atomic E-state index is 0.0281. The quantitative estimate of drug-likeness (QED) is 0.428. The Labute approximate surface area is 113 Å². The van der Waals surface area contributed by atoms with Crippen LogP contribution in [-0.4, -0.2) is 47.3 Å². The predicted octanol–water partition coefficient (Wildman–Crippen LogP) is -0.437. The van der Waals surface area contributed by atoms with E-state index < -0.39 is 5.92 Å². The van der Waals surface area contributed by atoms with E-state index in [-0.39, 0.29) is 43.5 Å². The first-order chi connectivity index (χ1) is 8.94. The summed E-state index contributed by atoms with van der Waals surface area (Å²) in [5.41, 5.74) is 0. The third-order valence-corrected chi connectivity index (χ3v) is 2.60. The van der Waals surface area contributed by atoms with E-state index in [1.807, 2.05) is 0 Å². The van der Waals surface area contributed by atoms with Gasteiger partial charge in [0.15, 0.2) is 0 Å². The zero-order valence-electron chi connectivity index (χ0n) is 11.6. The summed E-state index contributed by atoms with van der Waals surface area (Å²) in [5.74, 6) is -1.09. The van der Waals surface area contributed by atoms with E-state index in [1.165, 1.54) is 0 Å². The maximum atomic E-state index is 11.9. The third kappa shape index (κ3) is 7.58. The van der Waals surface area contributed by atoms with Crippen LogP contribution in [-0.2, 0) is 9.59 Å². The lowest BCUT2D eigenvalue weighted by molar-refractivity contribution is -0.131. The van der Waals surface area contributed by atoms with Crippen LogP contribution < -0.4 is 10.6 Å². The second-order valence-electron chi connectivity index (χ2n) is 4.67. The van der Waals surface area contributed by atoms with Crippen molar-refractivity contribution in [2.45, 2.75) is 38.8 Å². The van der Waals surface area contributed by atoms with Gasteiger partial charge >= 0.3 is 0 Å². The summed E-state index contributed by atoms with van der Waals surface area (Å²) in [7, 11) is 0. The van der Waals surface area contributed by atoms with Gasteiger partial charge in [-0.2, -0.15) is 0 Å². The first kappa shape index (κ1) is 17.6. The number of aliphatic hydroxyl groups excluding tert-OH is 2. The molecule has 0 aliphatic heterocycles. The summed E-state index contributed by atoms with van der Waals surface area (Å²) >= 11 is 0. The Morgan fingerprint density at radius 2 is 1.68 bits per heavy atom. The second kappa shape index (κ2) is 9.52. The number of nitrogens with one attached hydrogen (secondary N) is 2. The monoisotopic (exact) mass is 272 g/mol. The van der Waals surface area contributed by atoms with Crippen molar-refractivity contribution in [1.82, 2.24) is 10.6 Å². The van der Waals surface area contributed by atoms with Crippen LogP contribution in [0, 0.1) is 5.92 Å². The molecule has 0 heterocycles. The average molecular weight is 272 g/mol. The first-order valence-corrected chi connectivity index (χ1v) is 6.36. The number of allylic oxidation sites excluding steroid dienone is 1. The van der Waals surface area contributed by atoms with Gasteiger partial charge in [0, 0.05) is 18.5 Å². The zero-order chi connectivity index (χ0) is 14.8. The molecule has 4 N–H and O–H groups in total. The van der Waals surface area contributed by atoms with E-state index in [0.29, 0.717) is 6.42 Å². The summed E-state index contributed by atoms with van der Waals surface area (Å²) in [4.78, 5) is 23.6. The molecule has 0 rings (SSSR count). The molecule has 19 heavy (non-hydrogen) atoms. The summed E-state index contributed by atoms with van der Waals surface area (Å²) in [6.45, 7) is 6.62. The minimum Gasteiger partial charge on any atom is -0.394 e. The molecular formula is C13H24N2O4. The summed E-state index contributed by atoms with van der Waals surface area (Å²) in [5, 5.41) is 22.9. The topological polar surface area (TPSA) is 98.7 Å².